The van der Waals surface area contributed by atoms with Gasteiger partial charge in [0.05, 0.1) is 23.0 Å². The van der Waals surface area contributed by atoms with Gasteiger partial charge in [-0.25, -0.2) is 0 Å². The molecule has 0 N–H and O–H groups in total. The van der Waals surface area contributed by atoms with Crippen molar-refractivity contribution in [2.45, 2.75) is 68.6 Å². The predicted molar refractivity (Wildman–Crippen MR) is 131 cm³/mol. The van der Waals surface area contributed by atoms with Gasteiger partial charge in [0, 0.05) is 0 Å². The molecule has 2 aromatic rings. The van der Waals surface area contributed by atoms with Crippen molar-refractivity contribution in [2.24, 2.45) is 0 Å². The lowest BCUT2D eigenvalue weighted by atomic mass is 10.2. The van der Waals surface area contributed by atoms with Gasteiger partial charge >= 0.3 is 0 Å². The van der Waals surface area contributed by atoms with Crippen LogP contribution in [0.3, 0.4) is 0 Å². The minimum absolute atomic E-state index is 0.0152. The second kappa shape index (κ2) is 10.4. The molecule has 33 heavy (non-hydrogen) atoms. The van der Waals surface area contributed by atoms with E-state index in [2.05, 4.69) is 20.8 Å². The molecule has 0 amide bonds. The molecule has 0 fully saturated rings. The van der Waals surface area contributed by atoms with Gasteiger partial charge in [0.25, 0.3) is 20.2 Å². The highest BCUT2D eigenvalue weighted by molar-refractivity contribution is 7.87. The maximum Gasteiger partial charge on any atom is 0.297 e. The van der Waals surface area contributed by atoms with E-state index >= 15 is 0 Å². The van der Waals surface area contributed by atoms with Gasteiger partial charge in [-0.3, -0.25) is 8.37 Å². The first-order valence-electron chi connectivity index (χ1n) is 10.6. The van der Waals surface area contributed by atoms with E-state index in [1.807, 2.05) is 26.9 Å². The fourth-order valence-electron chi connectivity index (χ4n) is 2.50. The molecule has 2 aromatic carbocycles. The molecule has 0 aliphatic heterocycles. The third-order valence-electron chi connectivity index (χ3n) is 5.73. The van der Waals surface area contributed by atoms with Gasteiger partial charge in [-0.05, 0) is 56.2 Å². The van der Waals surface area contributed by atoms with Crippen LogP contribution in [-0.2, 0) is 33.0 Å². The average Bonchev–Trinajstić information content (AvgIpc) is 2.70. The molecule has 0 aliphatic rings. The zero-order chi connectivity index (χ0) is 25.1. The number of hydrogen-bond donors (Lipinski definition) is 0. The van der Waals surface area contributed by atoms with Gasteiger partial charge in [-0.15, -0.1) is 0 Å². The number of rotatable bonds is 10. The minimum atomic E-state index is -4.16. The van der Waals surface area contributed by atoms with Crippen LogP contribution in [0.1, 0.15) is 31.9 Å². The largest absolute Gasteiger partial charge is 0.414 e. The zero-order valence-corrected chi connectivity index (χ0v) is 22.9. The van der Waals surface area contributed by atoms with Crippen molar-refractivity contribution < 1.29 is 29.6 Å². The first-order chi connectivity index (χ1) is 15.0. The van der Waals surface area contributed by atoms with Crippen molar-refractivity contribution in [3.8, 4) is 0 Å². The molecule has 1 unspecified atom stereocenters. The summed E-state index contributed by atoms with van der Waals surface area (Å²) >= 11 is 0. The summed E-state index contributed by atoms with van der Waals surface area (Å²) in [6.07, 6.45) is -1.15. The summed E-state index contributed by atoms with van der Waals surface area (Å²) in [5.74, 6) is 0. The Morgan fingerprint density at radius 1 is 0.758 bits per heavy atom. The molecule has 0 aliphatic carbocycles. The summed E-state index contributed by atoms with van der Waals surface area (Å²) in [4.78, 5) is -0.0367. The van der Waals surface area contributed by atoms with Crippen LogP contribution >= 0.6 is 0 Å². The molecule has 7 nitrogen and oxygen atoms in total. The quantitative estimate of drug-likeness (QED) is 0.332. The maximum absolute atomic E-state index is 12.8. The van der Waals surface area contributed by atoms with E-state index < -0.39 is 41.3 Å². The summed E-state index contributed by atoms with van der Waals surface area (Å²) < 4.78 is 67.6. The number of hydrogen-bond acceptors (Lipinski definition) is 7. The highest BCUT2D eigenvalue weighted by Gasteiger charge is 2.38. The summed E-state index contributed by atoms with van der Waals surface area (Å²) in [6.45, 7) is 13.3. The van der Waals surface area contributed by atoms with Crippen LogP contribution in [0.4, 0.5) is 0 Å². The van der Waals surface area contributed by atoms with Crippen molar-refractivity contribution in [1.82, 2.24) is 0 Å². The molecule has 184 valence electrons. The van der Waals surface area contributed by atoms with Crippen molar-refractivity contribution in [3.05, 3.63) is 59.7 Å². The summed E-state index contributed by atoms with van der Waals surface area (Å²) in [6, 6.07) is 12.4. The molecule has 10 heteroatoms. The van der Waals surface area contributed by atoms with E-state index in [4.69, 9.17) is 12.8 Å². The third kappa shape index (κ3) is 7.73. The minimum Gasteiger partial charge on any atom is -0.414 e. The van der Waals surface area contributed by atoms with Gasteiger partial charge < -0.3 is 4.43 Å². The Morgan fingerprint density at radius 2 is 1.18 bits per heavy atom. The topological polar surface area (TPSA) is 96.0 Å². The molecular formula is C23H34O7S2Si. The van der Waals surface area contributed by atoms with E-state index in [0.717, 1.165) is 11.1 Å². The highest BCUT2D eigenvalue weighted by atomic mass is 32.2. The molecule has 0 spiro atoms. The SMILES string of the molecule is Cc1ccc(S(=O)(=O)OCC(CO[Si](C)(C)C(C)(C)C)OS(=O)(=O)c2ccc(C)cc2)cc1. The lowest BCUT2D eigenvalue weighted by Gasteiger charge is -2.37. The summed E-state index contributed by atoms with van der Waals surface area (Å²) in [5, 5.41) is -0.123. The molecule has 0 bridgehead atoms. The molecule has 1 atom stereocenters. The van der Waals surface area contributed by atoms with Crippen molar-refractivity contribution in [2.75, 3.05) is 13.2 Å². The second-order valence-corrected chi connectivity index (χ2v) is 17.6. The Morgan fingerprint density at radius 3 is 1.61 bits per heavy atom. The van der Waals surface area contributed by atoms with E-state index in [0.29, 0.717) is 0 Å². The normalized spacial score (nSPS) is 14.3. The van der Waals surface area contributed by atoms with E-state index in [9.17, 15) is 16.8 Å². The predicted octanol–water partition coefficient (Wildman–Crippen LogP) is 4.80. The highest BCUT2D eigenvalue weighted by Crippen LogP contribution is 2.36. The Balaban J connectivity index is 2.24. The smallest absolute Gasteiger partial charge is 0.297 e. The Labute approximate surface area is 199 Å². The van der Waals surface area contributed by atoms with Gasteiger partial charge in [-0.1, -0.05) is 56.2 Å². The van der Waals surface area contributed by atoms with Gasteiger partial charge in [-0.2, -0.15) is 16.8 Å². The Kier molecular flexibility index (Phi) is 8.70. The van der Waals surface area contributed by atoms with Crippen LogP contribution in [0.25, 0.3) is 0 Å². The third-order valence-corrected chi connectivity index (χ3v) is 12.9. The van der Waals surface area contributed by atoms with Crippen molar-refractivity contribution in [3.63, 3.8) is 0 Å². The lowest BCUT2D eigenvalue weighted by Crippen LogP contribution is -2.44. The Bertz CT molecular complexity index is 1130. The van der Waals surface area contributed by atoms with Crippen LogP contribution in [0.15, 0.2) is 58.3 Å². The van der Waals surface area contributed by atoms with Crippen LogP contribution in [0.2, 0.25) is 18.1 Å². The number of benzene rings is 2. The molecule has 0 aromatic heterocycles. The molecule has 0 saturated carbocycles. The van der Waals surface area contributed by atoms with Crippen LogP contribution < -0.4 is 0 Å². The van der Waals surface area contributed by atoms with E-state index in [1.54, 1.807) is 24.3 Å². The van der Waals surface area contributed by atoms with Gasteiger partial charge in [0.15, 0.2) is 8.32 Å². The van der Waals surface area contributed by atoms with Crippen LogP contribution in [0.5, 0.6) is 0 Å². The van der Waals surface area contributed by atoms with Gasteiger partial charge in [0.1, 0.15) is 6.10 Å². The summed E-state index contributed by atoms with van der Waals surface area (Å²) in [5.41, 5.74) is 1.81. The Hall–Kier alpha value is -1.56. The zero-order valence-electron chi connectivity index (χ0n) is 20.3. The maximum atomic E-state index is 12.8. The van der Waals surface area contributed by atoms with Crippen LogP contribution in [-0.4, -0.2) is 44.5 Å². The molecule has 0 radical (unpaired) electrons. The van der Waals surface area contributed by atoms with E-state index in [-0.39, 0.29) is 21.4 Å². The molecular weight excluding hydrogens is 480 g/mol. The molecule has 0 heterocycles. The molecule has 2 rings (SSSR count). The summed E-state index contributed by atoms with van der Waals surface area (Å²) in [7, 11) is -10.5. The standard InChI is InChI=1S/C23H34O7S2Si/c1-18-8-12-21(13-9-18)31(24,25)28-16-20(17-29-33(6,7)23(3,4)5)30-32(26,27)22-14-10-19(2)11-15-22/h8-15,20H,16-17H2,1-7H3. The molecule has 0 saturated heterocycles. The first-order valence-corrected chi connectivity index (χ1v) is 16.4. The fourth-order valence-corrected chi connectivity index (χ4v) is 5.52. The average molecular weight is 515 g/mol. The lowest BCUT2D eigenvalue weighted by molar-refractivity contribution is 0.0827. The van der Waals surface area contributed by atoms with Crippen molar-refractivity contribution >= 4 is 28.6 Å². The van der Waals surface area contributed by atoms with E-state index in [1.165, 1.54) is 24.3 Å². The van der Waals surface area contributed by atoms with Crippen molar-refractivity contribution in [1.29, 1.82) is 0 Å². The monoisotopic (exact) mass is 514 g/mol. The number of aryl methyl sites for hydroxylation is 2. The fraction of sp³-hybridized carbons (Fsp3) is 0.478. The van der Waals surface area contributed by atoms with Crippen LogP contribution in [0, 0.1) is 13.8 Å². The first kappa shape index (κ1) is 27.7. The van der Waals surface area contributed by atoms with Gasteiger partial charge in [0.2, 0.25) is 0 Å². The second-order valence-electron chi connectivity index (χ2n) is 9.61.